The van der Waals surface area contributed by atoms with Crippen molar-refractivity contribution in [3.63, 3.8) is 0 Å². The number of imide groups is 1. The van der Waals surface area contributed by atoms with Crippen molar-refractivity contribution in [1.82, 2.24) is 15.5 Å². The molecule has 0 spiro atoms. The van der Waals surface area contributed by atoms with Crippen molar-refractivity contribution >= 4 is 17.8 Å². The number of carbonyl (C=O) groups excluding carboxylic acids is 3. The van der Waals surface area contributed by atoms with Crippen LogP contribution in [0.4, 0.5) is 4.79 Å². The van der Waals surface area contributed by atoms with E-state index in [1.54, 1.807) is 0 Å². The predicted octanol–water partition coefficient (Wildman–Crippen LogP) is 3.39. The third-order valence-electron chi connectivity index (χ3n) is 6.63. The molecular weight excluding hydrogens is 366 g/mol. The lowest BCUT2D eigenvalue weighted by molar-refractivity contribution is -0.132. The minimum atomic E-state index is -0.750. The second-order valence-electron chi connectivity index (χ2n) is 8.73. The van der Waals surface area contributed by atoms with Crippen molar-refractivity contribution in [1.29, 1.82) is 0 Å². The van der Waals surface area contributed by atoms with E-state index in [0.29, 0.717) is 0 Å². The second-order valence-corrected chi connectivity index (χ2v) is 8.73. The van der Waals surface area contributed by atoms with Crippen molar-refractivity contribution in [2.75, 3.05) is 0 Å². The molecule has 0 aromatic heterocycles. The van der Waals surface area contributed by atoms with Crippen LogP contribution in [0, 0.1) is 0 Å². The number of nitrogens with one attached hydrogen (secondary N) is 2. The van der Waals surface area contributed by atoms with Gasteiger partial charge in [0, 0.05) is 6.04 Å². The zero-order valence-corrected chi connectivity index (χ0v) is 17.2. The Balaban J connectivity index is 1.34. The molecule has 2 atom stereocenters. The zero-order chi connectivity index (χ0) is 20.4. The van der Waals surface area contributed by atoms with Crippen LogP contribution in [0.25, 0.3) is 0 Å². The van der Waals surface area contributed by atoms with Crippen LogP contribution in [0.1, 0.15) is 81.0 Å². The Bertz CT molecular complexity index is 801. The minimum Gasteiger partial charge on any atom is -0.350 e. The molecule has 2 fully saturated rings. The first kappa shape index (κ1) is 19.9. The largest absolute Gasteiger partial charge is 0.350 e. The van der Waals surface area contributed by atoms with Gasteiger partial charge in [-0.15, -0.1) is 0 Å². The molecular formula is C23H31N3O3. The van der Waals surface area contributed by atoms with Crippen molar-refractivity contribution in [3.8, 4) is 0 Å². The first-order valence-electron chi connectivity index (χ1n) is 11.1. The van der Waals surface area contributed by atoms with Crippen molar-refractivity contribution in [3.05, 3.63) is 34.9 Å². The average Bonchev–Trinajstić information content (AvgIpc) is 3.01. The molecule has 1 saturated carbocycles. The molecule has 29 heavy (non-hydrogen) atoms. The molecule has 3 aliphatic rings. The summed E-state index contributed by atoms with van der Waals surface area (Å²) in [6.45, 7) is 1.96. The summed E-state index contributed by atoms with van der Waals surface area (Å²) in [6, 6.07) is 5.22. The number of hydrogen-bond donors (Lipinski definition) is 2. The fraction of sp³-hybridized carbons (Fsp3) is 0.609. The molecule has 4 rings (SSSR count). The maximum absolute atomic E-state index is 12.7. The van der Waals surface area contributed by atoms with Crippen molar-refractivity contribution in [2.24, 2.45) is 0 Å². The lowest BCUT2D eigenvalue weighted by Crippen LogP contribution is -2.42. The van der Waals surface area contributed by atoms with E-state index in [1.807, 2.05) is 6.92 Å². The molecule has 1 saturated heterocycles. The van der Waals surface area contributed by atoms with E-state index < -0.39 is 6.04 Å². The summed E-state index contributed by atoms with van der Waals surface area (Å²) in [7, 11) is 0. The Kier molecular flexibility index (Phi) is 5.88. The van der Waals surface area contributed by atoms with E-state index in [-0.39, 0.29) is 36.3 Å². The maximum Gasteiger partial charge on any atom is 0.325 e. The topological polar surface area (TPSA) is 78.5 Å². The van der Waals surface area contributed by atoms with E-state index in [1.165, 1.54) is 28.9 Å². The van der Waals surface area contributed by atoms with Gasteiger partial charge in [0.25, 0.3) is 5.91 Å². The minimum absolute atomic E-state index is 0.0108. The highest BCUT2D eigenvalue weighted by molar-refractivity contribution is 6.06. The fourth-order valence-corrected chi connectivity index (χ4v) is 4.96. The van der Waals surface area contributed by atoms with Gasteiger partial charge in [0.05, 0.1) is 12.5 Å². The van der Waals surface area contributed by atoms with Gasteiger partial charge in [-0.05, 0) is 62.1 Å². The summed E-state index contributed by atoms with van der Waals surface area (Å²) in [5.41, 5.74) is 3.89. The Morgan fingerprint density at radius 2 is 1.83 bits per heavy atom. The highest BCUT2D eigenvalue weighted by Gasteiger charge is 2.42. The molecule has 6 heteroatoms. The molecule has 156 valence electrons. The number of urea groups is 1. The van der Waals surface area contributed by atoms with Gasteiger partial charge >= 0.3 is 6.03 Å². The van der Waals surface area contributed by atoms with E-state index in [0.717, 1.165) is 50.5 Å². The highest BCUT2D eigenvalue weighted by atomic mass is 16.2. The monoisotopic (exact) mass is 397 g/mol. The van der Waals surface area contributed by atoms with E-state index >= 15 is 0 Å². The molecule has 2 aliphatic carbocycles. The van der Waals surface area contributed by atoms with Crippen LogP contribution in [0.5, 0.6) is 0 Å². The number of benzene rings is 1. The van der Waals surface area contributed by atoms with Gasteiger partial charge in [0.1, 0.15) is 6.04 Å². The maximum atomic E-state index is 12.7. The van der Waals surface area contributed by atoms with Gasteiger partial charge in [0.2, 0.25) is 5.91 Å². The van der Waals surface area contributed by atoms with Crippen LogP contribution in [-0.4, -0.2) is 34.8 Å². The molecule has 0 unspecified atom stereocenters. The van der Waals surface area contributed by atoms with Crippen LogP contribution >= 0.6 is 0 Å². The summed E-state index contributed by atoms with van der Waals surface area (Å²) in [5.74, 6) is -0.460. The second kappa shape index (κ2) is 8.56. The van der Waals surface area contributed by atoms with E-state index in [2.05, 4.69) is 28.8 Å². The van der Waals surface area contributed by atoms with Crippen molar-refractivity contribution in [2.45, 2.75) is 89.3 Å². The average molecular weight is 398 g/mol. The molecule has 2 N–H and O–H groups in total. The molecule has 0 bridgehead atoms. The van der Waals surface area contributed by atoms with E-state index in [9.17, 15) is 14.4 Å². The summed E-state index contributed by atoms with van der Waals surface area (Å²) >= 11 is 0. The van der Waals surface area contributed by atoms with Crippen LogP contribution in [0.2, 0.25) is 0 Å². The zero-order valence-electron chi connectivity index (χ0n) is 17.2. The summed E-state index contributed by atoms with van der Waals surface area (Å²) < 4.78 is 0. The third kappa shape index (κ3) is 4.31. The first-order valence-corrected chi connectivity index (χ1v) is 11.1. The Morgan fingerprint density at radius 1 is 1.10 bits per heavy atom. The normalized spacial score (nSPS) is 23.5. The first-order chi connectivity index (χ1) is 14.0. The summed E-state index contributed by atoms with van der Waals surface area (Å²) in [5, 5.41) is 5.71. The van der Waals surface area contributed by atoms with Gasteiger partial charge in [-0.3, -0.25) is 14.5 Å². The Morgan fingerprint density at radius 3 is 2.59 bits per heavy atom. The number of carbonyl (C=O) groups is 3. The number of rotatable bonds is 5. The quantitative estimate of drug-likeness (QED) is 0.748. The van der Waals surface area contributed by atoms with Crippen LogP contribution in [-0.2, 0) is 22.4 Å². The van der Waals surface area contributed by atoms with Gasteiger partial charge in [0.15, 0.2) is 0 Å². The Labute approximate surface area is 172 Å². The molecule has 1 aromatic rings. The van der Waals surface area contributed by atoms with Gasteiger partial charge < -0.3 is 10.6 Å². The molecule has 6 nitrogen and oxygen atoms in total. The lowest BCUT2D eigenvalue weighted by Gasteiger charge is -2.28. The number of aryl methyl sites for hydroxylation is 2. The van der Waals surface area contributed by atoms with Crippen LogP contribution in [0.3, 0.4) is 0 Å². The smallest absolute Gasteiger partial charge is 0.325 e. The van der Waals surface area contributed by atoms with Crippen molar-refractivity contribution < 1.29 is 14.4 Å². The molecule has 1 heterocycles. The number of amides is 4. The van der Waals surface area contributed by atoms with Gasteiger partial charge in [-0.2, -0.15) is 0 Å². The van der Waals surface area contributed by atoms with E-state index in [4.69, 9.17) is 0 Å². The fourth-order valence-electron chi connectivity index (χ4n) is 4.96. The summed E-state index contributed by atoms with van der Waals surface area (Å²) in [4.78, 5) is 39.0. The standard InChI is InChI=1S/C23H31N3O3/c1-15(17-12-11-16-7-5-6-8-18(16)13-17)24-21(27)14-20-22(28)26(23(29)25-20)19-9-3-2-4-10-19/h11-13,15,19-20H,2-10,14H2,1H3,(H,24,27)(H,25,29)/t15-,20+/m0/s1. The summed E-state index contributed by atoms with van der Waals surface area (Å²) in [6.07, 6.45) is 9.68. The Hall–Kier alpha value is -2.37. The predicted molar refractivity (Wildman–Crippen MR) is 110 cm³/mol. The number of hydrogen-bond acceptors (Lipinski definition) is 3. The molecule has 1 aliphatic heterocycles. The molecule has 1 aromatic carbocycles. The SMILES string of the molecule is C[C@H](NC(=O)C[C@H]1NC(=O)N(C2CCCCC2)C1=O)c1ccc2c(c1)CCCC2. The highest BCUT2D eigenvalue weighted by Crippen LogP contribution is 2.27. The molecule has 0 radical (unpaired) electrons. The lowest BCUT2D eigenvalue weighted by atomic mass is 9.89. The van der Waals surface area contributed by atoms with Gasteiger partial charge in [-0.1, -0.05) is 37.5 Å². The van der Waals surface area contributed by atoms with Gasteiger partial charge in [-0.25, -0.2) is 4.79 Å². The van der Waals surface area contributed by atoms with Crippen LogP contribution < -0.4 is 10.6 Å². The number of nitrogens with zero attached hydrogens (tertiary/aromatic N) is 1. The third-order valence-corrected chi connectivity index (χ3v) is 6.63. The van der Waals surface area contributed by atoms with Crippen LogP contribution in [0.15, 0.2) is 18.2 Å². The number of fused-ring (bicyclic) bond motifs is 1. The molecule has 4 amide bonds.